The number of ether oxygens (including phenoxy) is 1. The average molecular weight is 317 g/mol. The zero-order chi connectivity index (χ0) is 16.1. The second-order valence-electron chi connectivity index (χ2n) is 6.14. The van der Waals surface area contributed by atoms with Crippen LogP contribution in [0.25, 0.3) is 0 Å². The third-order valence-electron chi connectivity index (χ3n) is 4.56. The number of benzene rings is 1. The lowest BCUT2D eigenvalue weighted by Gasteiger charge is -2.33. The molecule has 3 rings (SSSR count). The summed E-state index contributed by atoms with van der Waals surface area (Å²) in [4.78, 5) is 25.5. The van der Waals surface area contributed by atoms with Crippen molar-refractivity contribution in [2.24, 2.45) is 0 Å². The van der Waals surface area contributed by atoms with Gasteiger partial charge < -0.3 is 20.3 Å². The maximum Gasteiger partial charge on any atom is 0.407 e. The summed E-state index contributed by atoms with van der Waals surface area (Å²) in [7, 11) is 0. The summed E-state index contributed by atoms with van der Waals surface area (Å²) in [6, 6.07) is 10.1. The van der Waals surface area contributed by atoms with Crippen molar-refractivity contribution in [3.05, 3.63) is 35.9 Å². The van der Waals surface area contributed by atoms with Gasteiger partial charge in [-0.2, -0.15) is 0 Å². The number of nitrogens with zero attached hydrogens (tertiary/aromatic N) is 1. The molecule has 0 atom stereocenters. The highest BCUT2D eigenvalue weighted by molar-refractivity contribution is 5.76. The highest BCUT2D eigenvalue weighted by Gasteiger charge is 2.31. The van der Waals surface area contributed by atoms with Crippen LogP contribution in [0.1, 0.15) is 31.2 Å². The van der Waals surface area contributed by atoms with Gasteiger partial charge in [0.1, 0.15) is 6.61 Å². The molecule has 1 aliphatic carbocycles. The second kappa shape index (κ2) is 7.35. The number of urea groups is 1. The number of hydrogen-bond acceptors (Lipinski definition) is 3. The van der Waals surface area contributed by atoms with Gasteiger partial charge in [-0.05, 0) is 31.2 Å². The fourth-order valence-electron chi connectivity index (χ4n) is 3.30. The standard InChI is InChI=1S/C17H23N3O3/c21-16-18-10-11-20(16)15-8-6-14(7-9-15)19-17(22)23-12-13-4-2-1-3-5-13/h1-5,14-15H,6-12H2,(H,18,21)(H,19,22). The molecule has 1 saturated carbocycles. The van der Waals surface area contributed by atoms with E-state index in [9.17, 15) is 9.59 Å². The van der Waals surface area contributed by atoms with Gasteiger partial charge in [0.05, 0.1) is 0 Å². The number of rotatable bonds is 4. The molecule has 0 spiro atoms. The molecule has 6 nitrogen and oxygen atoms in total. The molecule has 0 aromatic heterocycles. The Morgan fingerprint density at radius 1 is 1.22 bits per heavy atom. The quantitative estimate of drug-likeness (QED) is 0.895. The molecule has 0 bridgehead atoms. The summed E-state index contributed by atoms with van der Waals surface area (Å²) >= 11 is 0. The predicted octanol–water partition coefficient (Wildman–Crippen LogP) is 2.25. The second-order valence-corrected chi connectivity index (χ2v) is 6.14. The molecule has 3 amide bonds. The molecule has 1 aromatic rings. The first-order chi connectivity index (χ1) is 11.2. The SMILES string of the molecule is O=C(NC1CCC(N2CCNC2=O)CC1)OCc1ccccc1. The molecule has 0 unspecified atom stereocenters. The fraction of sp³-hybridized carbons (Fsp3) is 0.529. The van der Waals surface area contributed by atoms with Crippen LogP contribution in [-0.2, 0) is 11.3 Å². The Kier molecular flexibility index (Phi) is 5.00. The van der Waals surface area contributed by atoms with Gasteiger partial charge in [0, 0.05) is 25.2 Å². The summed E-state index contributed by atoms with van der Waals surface area (Å²) < 4.78 is 5.25. The van der Waals surface area contributed by atoms with Crippen LogP contribution in [0.5, 0.6) is 0 Å². The molecular weight excluding hydrogens is 294 g/mol. The molecule has 2 fully saturated rings. The van der Waals surface area contributed by atoms with Crippen LogP contribution in [0.2, 0.25) is 0 Å². The van der Waals surface area contributed by atoms with Crippen LogP contribution in [-0.4, -0.2) is 42.2 Å². The molecule has 6 heteroatoms. The smallest absolute Gasteiger partial charge is 0.407 e. The highest BCUT2D eigenvalue weighted by Crippen LogP contribution is 2.24. The lowest BCUT2D eigenvalue weighted by atomic mass is 9.90. The number of carbonyl (C=O) groups excluding carboxylic acids is 2. The van der Waals surface area contributed by atoms with E-state index < -0.39 is 0 Å². The molecule has 124 valence electrons. The Morgan fingerprint density at radius 3 is 2.61 bits per heavy atom. The molecule has 1 heterocycles. The molecule has 0 radical (unpaired) electrons. The number of hydrogen-bond donors (Lipinski definition) is 2. The minimum Gasteiger partial charge on any atom is -0.445 e. The Labute approximate surface area is 136 Å². The van der Waals surface area contributed by atoms with Gasteiger partial charge in [0.25, 0.3) is 0 Å². The first-order valence-corrected chi connectivity index (χ1v) is 8.24. The maximum atomic E-state index is 11.9. The summed E-state index contributed by atoms with van der Waals surface area (Å²) in [5.41, 5.74) is 0.978. The Morgan fingerprint density at radius 2 is 1.96 bits per heavy atom. The molecule has 2 aliphatic rings. The van der Waals surface area contributed by atoms with Crippen LogP contribution in [0.3, 0.4) is 0 Å². The van der Waals surface area contributed by atoms with E-state index in [-0.39, 0.29) is 24.8 Å². The molecule has 2 N–H and O–H groups in total. The normalized spacial score (nSPS) is 24.2. The topological polar surface area (TPSA) is 70.7 Å². The summed E-state index contributed by atoms with van der Waals surface area (Å²) in [5.74, 6) is 0. The summed E-state index contributed by atoms with van der Waals surface area (Å²) in [6.45, 7) is 1.82. The average Bonchev–Trinajstić information content (AvgIpc) is 3.01. The van der Waals surface area contributed by atoms with E-state index in [0.29, 0.717) is 6.04 Å². The monoisotopic (exact) mass is 317 g/mol. The Bertz CT molecular complexity index is 541. The molecule has 1 aromatic carbocycles. The molecule has 23 heavy (non-hydrogen) atoms. The van der Waals surface area contributed by atoms with E-state index in [1.165, 1.54) is 0 Å². The zero-order valence-corrected chi connectivity index (χ0v) is 13.2. The van der Waals surface area contributed by atoms with Crippen LogP contribution in [0.4, 0.5) is 9.59 Å². The van der Waals surface area contributed by atoms with Gasteiger partial charge in [-0.25, -0.2) is 9.59 Å². The van der Waals surface area contributed by atoms with Gasteiger partial charge >= 0.3 is 12.1 Å². The summed E-state index contributed by atoms with van der Waals surface area (Å²) in [6.07, 6.45) is 3.26. The first-order valence-electron chi connectivity index (χ1n) is 8.24. The lowest BCUT2D eigenvalue weighted by molar-refractivity contribution is 0.127. The van der Waals surface area contributed by atoms with Crippen molar-refractivity contribution in [1.29, 1.82) is 0 Å². The van der Waals surface area contributed by atoms with Gasteiger partial charge in [-0.1, -0.05) is 30.3 Å². The van der Waals surface area contributed by atoms with Crippen LogP contribution in [0, 0.1) is 0 Å². The van der Waals surface area contributed by atoms with Crippen LogP contribution in [0.15, 0.2) is 30.3 Å². The largest absolute Gasteiger partial charge is 0.445 e. The number of amides is 3. The maximum absolute atomic E-state index is 11.9. The van der Waals surface area contributed by atoms with Gasteiger partial charge in [-0.15, -0.1) is 0 Å². The van der Waals surface area contributed by atoms with Crippen molar-refractivity contribution in [3.63, 3.8) is 0 Å². The fourth-order valence-corrected chi connectivity index (χ4v) is 3.30. The van der Waals surface area contributed by atoms with E-state index in [0.717, 1.165) is 44.3 Å². The van der Waals surface area contributed by atoms with E-state index >= 15 is 0 Å². The van der Waals surface area contributed by atoms with Crippen molar-refractivity contribution < 1.29 is 14.3 Å². The summed E-state index contributed by atoms with van der Waals surface area (Å²) in [5, 5.41) is 5.77. The van der Waals surface area contributed by atoms with Gasteiger partial charge in [-0.3, -0.25) is 0 Å². The van der Waals surface area contributed by atoms with E-state index in [4.69, 9.17) is 4.74 Å². The molecular formula is C17H23N3O3. The van der Waals surface area contributed by atoms with E-state index in [1.807, 2.05) is 35.2 Å². The van der Waals surface area contributed by atoms with Gasteiger partial charge in [0.2, 0.25) is 0 Å². The third kappa shape index (κ3) is 4.15. The minimum atomic E-state index is -0.365. The lowest BCUT2D eigenvalue weighted by Crippen LogP contribution is -2.45. The van der Waals surface area contributed by atoms with Crippen molar-refractivity contribution in [1.82, 2.24) is 15.5 Å². The van der Waals surface area contributed by atoms with Crippen molar-refractivity contribution >= 4 is 12.1 Å². The number of alkyl carbamates (subject to hydrolysis) is 1. The van der Waals surface area contributed by atoms with Crippen LogP contribution < -0.4 is 10.6 Å². The first kappa shape index (κ1) is 15.6. The number of nitrogens with one attached hydrogen (secondary N) is 2. The highest BCUT2D eigenvalue weighted by atomic mass is 16.5. The van der Waals surface area contributed by atoms with Crippen molar-refractivity contribution in [2.75, 3.05) is 13.1 Å². The van der Waals surface area contributed by atoms with E-state index in [2.05, 4.69) is 10.6 Å². The zero-order valence-electron chi connectivity index (χ0n) is 13.2. The molecule has 1 aliphatic heterocycles. The van der Waals surface area contributed by atoms with Crippen LogP contribution >= 0.6 is 0 Å². The third-order valence-corrected chi connectivity index (χ3v) is 4.56. The Balaban J connectivity index is 1.38. The van der Waals surface area contributed by atoms with Gasteiger partial charge in [0.15, 0.2) is 0 Å². The molecule has 1 saturated heterocycles. The number of carbonyl (C=O) groups is 2. The predicted molar refractivity (Wildman–Crippen MR) is 85.9 cm³/mol. The van der Waals surface area contributed by atoms with Crippen molar-refractivity contribution in [3.8, 4) is 0 Å². The minimum absolute atomic E-state index is 0.0451. The van der Waals surface area contributed by atoms with Crippen molar-refractivity contribution in [2.45, 2.75) is 44.4 Å². The van der Waals surface area contributed by atoms with E-state index in [1.54, 1.807) is 0 Å². The Hall–Kier alpha value is -2.24.